The van der Waals surface area contributed by atoms with Crippen molar-refractivity contribution in [3.8, 4) is 17.4 Å². The van der Waals surface area contributed by atoms with Crippen LogP contribution < -0.4 is 16.2 Å². The molecule has 1 atom stereocenters. The highest BCUT2D eigenvalue weighted by Crippen LogP contribution is 2.49. The molecule has 0 saturated heterocycles. The van der Waals surface area contributed by atoms with E-state index in [0.29, 0.717) is 16.5 Å². The molecule has 5 rings (SSSR count). The predicted molar refractivity (Wildman–Crippen MR) is 110 cm³/mol. The Hall–Kier alpha value is -3.58. The van der Waals surface area contributed by atoms with Crippen LogP contribution in [0.1, 0.15) is 28.3 Å². The van der Waals surface area contributed by atoms with Crippen LogP contribution in [0.2, 0.25) is 5.02 Å². The van der Waals surface area contributed by atoms with Crippen molar-refractivity contribution >= 4 is 17.4 Å². The molecule has 0 saturated carbocycles. The highest BCUT2D eigenvalue weighted by molar-refractivity contribution is 6.30. The summed E-state index contributed by atoms with van der Waals surface area (Å²) in [5.41, 5.74) is 9.67. The lowest BCUT2D eigenvalue weighted by atomic mass is 9.84. The molecule has 2 aromatic heterocycles. The lowest BCUT2D eigenvalue weighted by Crippen LogP contribution is -2.22. The molecule has 0 bridgehead atoms. The van der Waals surface area contributed by atoms with Gasteiger partial charge in [0.25, 0.3) is 0 Å². The van der Waals surface area contributed by atoms with Crippen molar-refractivity contribution in [2.24, 2.45) is 0 Å². The van der Waals surface area contributed by atoms with E-state index in [2.05, 4.69) is 9.97 Å². The number of rotatable bonds is 2. The van der Waals surface area contributed by atoms with E-state index >= 15 is 0 Å². The number of para-hydroxylation sites is 1. The summed E-state index contributed by atoms with van der Waals surface area (Å²) < 4.78 is 7.80. The summed E-state index contributed by atoms with van der Waals surface area (Å²) in [6.45, 7) is 1.92. The Morgan fingerprint density at radius 2 is 1.83 bits per heavy atom. The van der Waals surface area contributed by atoms with E-state index in [1.54, 1.807) is 4.68 Å². The van der Waals surface area contributed by atoms with Gasteiger partial charge in [0, 0.05) is 5.02 Å². The largest absolute Gasteiger partial charge is 0.420 e. The highest BCUT2D eigenvalue weighted by atomic mass is 35.5. The minimum atomic E-state index is -0.568. The van der Waals surface area contributed by atoms with E-state index < -0.39 is 5.69 Å². The van der Waals surface area contributed by atoms with Gasteiger partial charge in [-0.25, -0.2) is 9.48 Å². The highest BCUT2D eigenvalue weighted by Gasteiger charge is 2.37. The fourth-order valence-corrected chi connectivity index (χ4v) is 3.88. The number of nitrogens with one attached hydrogen (secondary N) is 1. The molecular weight excluding hydrogens is 390 g/mol. The second kappa shape index (κ2) is 6.49. The molecule has 7 nitrogen and oxygen atoms in total. The first-order valence-corrected chi connectivity index (χ1v) is 9.38. The van der Waals surface area contributed by atoms with Crippen LogP contribution in [-0.4, -0.2) is 19.7 Å². The van der Waals surface area contributed by atoms with Gasteiger partial charge in [-0.15, -0.1) is 0 Å². The zero-order valence-electron chi connectivity index (χ0n) is 15.4. The van der Waals surface area contributed by atoms with Gasteiger partial charge in [-0.05, 0) is 36.8 Å². The first-order chi connectivity index (χ1) is 14.0. The number of fused-ring (bicyclic) bond motifs is 2. The molecule has 8 heteroatoms. The summed E-state index contributed by atoms with van der Waals surface area (Å²) in [5, 5.41) is 5.33. The minimum Gasteiger partial charge on any atom is -0.420 e. The molecule has 2 aromatic carbocycles. The molecule has 29 heavy (non-hydrogen) atoms. The molecule has 0 amide bonds. The second-order valence-corrected chi connectivity index (χ2v) is 7.25. The van der Waals surface area contributed by atoms with Crippen LogP contribution in [0.15, 0.2) is 59.4 Å². The van der Waals surface area contributed by atoms with Gasteiger partial charge in [0.1, 0.15) is 5.82 Å². The molecule has 4 aromatic rings. The molecule has 1 aliphatic heterocycles. The van der Waals surface area contributed by atoms with Gasteiger partial charge in [-0.2, -0.15) is 10.1 Å². The van der Waals surface area contributed by atoms with Gasteiger partial charge in [-0.1, -0.05) is 41.9 Å². The van der Waals surface area contributed by atoms with E-state index in [1.165, 1.54) is 0 Å². The topological polar surface area (TPSA) is 98.8 Å². The van der Waals surface area contributed by atoms with Crippen molar-refractivity contribution in [1.29, 1.82) is 0 Å². The standard InChI is InChI=1S/C21H16ClN5O2/c1-11-15-16(12-7-9-13(22)10-8-12)17-18(23)24-21(28)25-19(17)29-20(15)27(26-11)14-5-3-2-4-6-14/h2-10,16H,1H3,(H3,23,24,25,28). The normalized spacial score (nSPS) is 14.8. The average molecular weight is 406 g/mol. The third-order valence-electron chi connectivity index (χ3n) is 5.00. The number of H-pyrrole nitrogens is 1. The molecule has 0 radical (unpaired) electrons. The SMILES string of the molecule is Cc1nn(-c2ccccc2)c2c1C(c1ccc(Cl)cc1)c1c(nc(=O)[nH]c1N)O2. The van der Waals surface area contributed by atoms with Crippen molar-refractivity contribution in [2.45, 2.75) is 12.8 Å². The minimum absolute atomic E-state index is 0.177. The summed E-state index contributed by atoms with van der Waals surface area (Å²) in [6.07, 6.45) is 0. The van der Waals surface area contributed by atoms with E-state index in [0.717, 1.165) is 22.5 Å². The Balaban J connectivity index is 1.81. The van der Waals surface area contributed by atoms with Crippen LogP contribution in [0.4, 0.5) is 5.82 Å². The van der Waals surface area contributed by atoms with Crippen LogP contribution >= 0.6 is 11.6 Å². The molecule has 0 fully saturated rings. The van der Waals surface area contributed by atoms with Crippen molar-refractivity contribution in [3.05, 3.63) is 92.5 Å². The first kappa shape index (κ1) is 17.5. The lowest BCUT2D eigenvalue weighted by molar-refractivity contribution is 0.401. The summed E-state index contributed by atoms with van der Waals surface area (Å²) in [7, 11) is 0. The molecule has 1 unspecified atom stereocenters. The van der Waals surface area contributed by atoms with Gasteiger partial charge in [0.05, 0.1) is 28.4 Å². The Bertz CT molecular complexity index is 1280. The van der Waals surface area contributed by atoms with Gasteiger partial charge in [0.15, 0.2) is 0 Å². The van der Waals surface area contributed by atoms with Gasteiger partial charge < -0.3 is 10.5 Å². The summed E-state index contributed by atoms with van der Waals surface area (Å²) in [6, 6.07) is 17.1. The third-order valence-corrected chi connectivity index (χ3v) is 5.25. The van der Waals surface area contributed by atoms with Crippen molar-refractivity contribution in [2.75, 3.05) is 5.73 Å². The smallest absolute Gasteiger partial charge is 0.349 e. The maximum absolute atomic E-state index is 12.0. The fraction of sp³-hybridized carbons (Fsp3) is 0.0952. The Kier molecular flexibility index (Phi) is 3.92. The van der Waals surface area contributed by atoms with Crippen molar-refractivity contribution in [3.63, 3.8) is 0 Å². The third kappa shape index (κ3) is 2.78. The predicted octanol–water partition coefficient (Wildman–Crippen LogP) is 3.79. The fourth-order valence-electron chi connectivity index (χ4n) is 3.75. The molecule has 3 N–H and O–H groups in total. The van der Waals surface area contributed by atoms with Crippen LogP contribution in [0, 0.1) is 6.92 Å². The number of benzene rings is 2. The first-order valence-electron chi connectivity index (χ1n) is 9.01. The van der Waals surface area contributed by atoms with Crippen LogP contribution in [0.25, 0.3) is 5.69 Å². The van der Waals surface area contributed by atoms with Crippen molar-refractivity contribution in [1.82, 2.24) is 19.7 Å². The summed E-state index contributed by atoms with van der Waals surface area (Å²) >= 11 is 6.09. The van der Waals surface area contributed by atoms with Gasteiger partial charge >= 0.3 is 5.69 Å². The number of hydrogen-bond acceptors (Lipinski definition) is 5. The maximum atomic E-state index is 12.0. The number of nitrogens with zero attached hydrogens (tertiary/aromatic N) is 3. The quantitative estimate of drug-likeness (QED) is 0.465. The van der Waals surface area contributed by atoms with E-state index in [-0.39, 0.29) is 17.6 Å². The van der Waals surface area contributed by atoms with Gasteiger partial charge in [0.2, 0.25) is 11.8 Å². The number of hydrogen-bond donors (Lipinski definition) is 2. The number of halogens is 1. The van der Waals surface area contributed by atoms with Crippen molar-refractivity contribution < 1.29 is 4.74 Å². The van der Waals surface area contributed by atoms with Crippen LogP contribution in [0.5, 0.6) is 11.8 Å². The Labute approximate surface area is 170 Å². The Morgan fingerprint density at radius 1 is 1.10 bits per heavy atom. The maximum Gasteiger partial charge on any atom is 0.349 e. The number of aromatic nitrogens is 4. The number of ether oxygens (including phenoxy) is 1. The summed E-state index contributed by atoms with van der Waals surface area (Å²) in [5.74, 6) is 0.597. The number of aromatic amines is 1. The molecule has 144 valence electrons. The zero-order valence-corrected chi connectivity index (χ0v) is 16.1. The Morgan fingerprint density at radius 3 is 2.55 bits per heavy atom. The van der Waals surface area contributed by atoms with Gasteiger partial charge in [-0.3, -0.25) is 4.98 Å². The van der Waals surface area contributed by atoms with E-state index in [4.69, 9.17) is 27.2 Å². The zero-order chi connectivity index (χ0) is 20.1. The molecule has 0 spiro atoms. The van der Waals surface area contributed by atoms with E-state index in [1.807, 2.05) is 61.5 Å². The summed E-state index contributed by atoms with van der Waals surface area (Å²) in [4.78, 5) is 18.6. The molecule has 3 heterocycles. The number of nitrogen functional groups attached to an aromatic ring is 1. The molecule has 0 aliphatic carbocycles. The number of aryl methyl sites for hydroxylation is 1. The lowest BCUT2D eigenvalue weighted by Gasteiger charge is -2.27. The average Bonchev–Trinajstić information content (AvgIpc) is 3.04. The number of nitrogens with two attached hydrogens (primary N) is 1. The van der Waals surface area contributed by atoms with Crippen LogP contribution in [0.3, 0.4) is 0 Å². The van der Waals surface area contributed by atoms with Crippen LogP contribution in [-0.2, 0) is 0 Å². The monoisotopic (exact) mass is 405 g/mol. The second-order valence-electron chi connectivity index (χ2n) is 6.81. The number of anilines is 1. The van der Waals surface area contributed by atoms with E-state index in [9.17, 15) is 4.79 Å². The molecule has 1 aliphatic rings. The molecular formula is C21H16ClN5O2.